The molecule has 0 saturated carbocycles. The van der Waals surface area contributed by atoms with Crippen LogP contribution in [0.25, 0.3) is 99.0 Å². The first kappa shape index (κ1) is 27.6. The minimum atomic E-state index is 0.642. The summed E-state index contributed by atoms with van der Waals surface area (Å²) in [6, 6.07) is 63.0. The highest BCUT2D eigenvalue weighted by Crippen LogP contribution is 2.39. The second kappa shape index (κ2) is 11.0. The summed E-state index contributed by atoms with van der Waals surface area (Å²) in [5.41, 5.74) is 9.85. The molecule has 0 aliphatic rings. The molecule has 1 aromatic heterocycles. The maximum absolute atomic E-state index is 6.48. The third-order valence-corrected chi connectivity index (χ3v) is 9.85. The van der Waals surface area contributed by atoms with Crippen LogP contribution in [0.3, 0.4) is 0 Å². The zero-order chi connectivity index (χ0) is 32.3. The zero-order valence-corrected chi connectivity index (χ0v) is 26.6. The normalized spacial score (nSPS) is 11.7. The molecule has 0 saturated heterocycles. The standard InChI is InChI=1S/C47H29NO/c1-2-10-32(11-3-1)47-48-44-25-24-31-22-20-30-21-23-36(28-43(30)45(31)46(44)49-47)34-14-8-13-33(26-34)35-15-9-16-37(27-35)42-29-38-12-4-5-17-39(38)40-18-6-7-19-41(40)42/h1-29H. The molecule has 10 aromatic rings. The van der Waals surface area contributed by atoms with E-state index >= 15 is 0 Å². The van der Waals surface area contributed by atoms with Gasteiger partial charge in [0.2, 0.25) is 5.89 Å². The van der Waals surface area contributed by atoms with Crippen molar-refractivity contribution in [3.8, 4) is 44.8 Å². The van der Waals surface area contributed by atoms with E-state index in [9.17, 15) is 0 Å². The van der Waals surface area contributed by atoms with E-state index in [1.165, 1.54) is 60.3 Å². The van der Waals surface area contributed by atoms with Gasteiger partial charge in [-0.3, -0.25) is 0 Å². The summed E-state index contributed by atoms with van der Waals surface area (Å²) < 4.78 is 6.48. The number of hydrogen-bond donors (Lipinski definition) is 0. The third kappa shape index (κ3) is 4.61. The molecule has 0 spiro atoms. The summed E-state index contributed by atoms with van der Waals surface area (Å²) in [6.45, 7) is 0. The summed E-state index contributed by atoms with van der Waals surface area (Å²) in [5, 5.41) is 9.66. The molecule has 0 atom stereocenters. The fourth-order valence-corrected chi connectivity index (χ4v) is 7.44. The van der Waals surface area contributed by atoms with Crippen molar-refractivity contribution in [2.24, 2.45) is 0 Å². The number of fused-ring (bicyclic) bond motifs is 8. The highest BCUT2D eigenvalue weighted by Gasteiger charge is 2.15. The van der Waals surface area contributed by atoms with Gasteiger partial charge in [-0.05, 0) is 114 Å². The van der Waals surface area contributed by atoms with E-state index in [0.29, 0.717) is 5.89 Å². The van der Waals surface area contributed by atoms with Crippen LogP contribution < -0.4 is 0 Å². The van der Waals surface area contributed by atoms with Crippen LogP contribution in [0, 0.1) is 0 Å². The van der Waals surface area contributed by atoms with Gasteiger partial charge in [0.25, 0.3) is 0 Å². The smallest absolute Gasteiger partial charge is 0.227 e. The minimum absolute atomic E-state index is 0.642. The molecule has 0 N–H and O–H groups in total. The molecule has 0 bridgehead atoms. The van der Waals surface area contributed by atoms with Crippen molar-refractivity contribution >= 4 is 54.2 Å². The van der Waals surface area contributed by atoms with E-state index in [0.717, 1.165) is 32.8 Å². The molecule has 0 aliphatic heterocycles. The Morgan fingerprint density at radius 2 is 0.939 bits per heavy atom. The number of nitrogens with zero attached hydrogens (tertiary/aromatic N) is 1. The van der Waals surface area contributed by atoms with Crippen molar-refractivity contribution in [3.63, 3.8) is 0 Å². The van der Waals surface area contributed by atoms with Gasteiger partial charge in [0.1, 0.15) is 5.52 Å². The summed E-state index contributed by atoms with van der Waals surface area (Å²) in [6.07, 6.45) is 0. The Morgan fingerprint density at radius 3 is 1.76 bits per heavy atom. The van der Waals surface area contributed by atoms with Crippen LogP contribution in [-0.4, -0.2) is 4.98 Å². The van der Waals surface area contributed by atoms with Crippen molar-refractivity contribution < 1.29 is 4.42 Å². The summed E-state index contributed by atoms with van der Waals surface area (Å²) >= 11 is 0. The van der Waals surface area contributed by atoms with E-state index in [-0.39, 0.29) is 0 Å². The molecule has 2 heteroatoms. The Kier molecular flexibility index (Phi) is 6.22. The van der Waals surface area contributed by atoms with E-state index in [2.05, 4.69) is 146 Å². The molecule has 0 aliphatic carbocycles. The molecule has 49 heavy (non-hydrogen) atoms. The lowest BCUT2D eigenvalue weighted by Crippen LogP contribution is -1.87. The first-order chi connectivity index (χ1) is 24.3. The highest BCUT2D eigenvalue weighted by atomic mass is 16.3. The van der Waals surface area contributed by atoms with Crippen molar-refractivity contribution in [2.75, 3.05) is 0 Å². The molecule has 9 aromatic carbocycles. The third-order valence-electron chi connectivity index (χ3n) is 9.85. The van der Waals surface area contributed by atoms with Crippen LogP contribution in [0.1, 0.15) is 0 Å². The molecule has 0 fully saturated rings. The molecule has 2 nitrogen and oxygen atoms in total. The van der Waals surface area contributed by atoms with Crippen molar-refractivity contribution in [2.45, 2.75) is 0 Å². The Labute approximate surface area is 283 Å². The number of hydrogen-bond acceptors (Lipinski definition) is 2. The van der Waals surface area contributed by atoms with E-state index < -0.39 is 0 Å². The lowest BCUT2D eigenvalue weighted by atomic mass is 9.91. The summed E-state index contributed by atoms with van der Waals surface area (Å²) in [5.74, 6) is 0.642. The van der Waals surface area contributed by atoms with Crippen LogP contribution in [0.2, 0.25) is 0 Å². The van der Waals surface area contributed by atoms with E-state index in [4.69, 9.17) is 9.40 Å². The second-order valence-electron chi connectivity index (χ2n) is 12.8. The van der Waals surface area contributed by atoms with Gasteiger partial charge in [0.15, 0.2) is 5.58 Å². The van der Waals surface area contributed by atoms with Gasteiger partial charge >= 0.3 is 0 Å². The largest absolute Gasteiger partial charge is 0.435 e. The fraction of sp³-hybridized carbons (Fsp3) is 0. The number of oxazole rings is 1. The van der Waals surface area contributed by atoms with Gasteiger partial charge < -0.3 is 4.42 Å². The molecule has 10 rings (SSSR count). The lowest BCUT2D eigenvalue weighted by molar-refractivity contribution is 0.623. The molecular weight excluding hydrogens is 595 g/mol. The van der Waals surface area contributed by atoms with Gasteiger partial charge in [-0.2, -0.15) is 0 Å². The highest BCUT2D eigenvalue weighted by molar-refractivity contribution is 6.19. The zero-order valence-electron chi connectivity index (χ0n) is 26.6. The predicted octanol–water partition coefficient (Wildman–Crippen LogP) is 13.1. The fourth-order valence-electron chi connectivity index (χ4n) is 7.44. The molecule has 0 radical (unpaired) electrons. The average Bonchev–Trinajstić information content (AvgIpc) is 3.63. The van der Waals surface area contributed by atoms with Crippen molar-refractivity contribution in [1.82, 2.24) is 4.98 Å². The quantitative estimate of drug-likeness (QED) is 0.182. The summed E-state index contributed by atoms with van der Waals surface area (Å²) in [7, 11) is 0. The lowest BCUT2D eigenvalue weighted by Gasteiger charge is -2.13. The number of benzene rings is 9. The van der Waals surface area contributed by atoms with Crippen molar-refractivity contribution in [1.29, 1.82) is 0 Å². The van der Waals surface area contributed by atoms with Gasteiger partial charge in [-0.25, -0.2) is 4.98 Å². The Hall–Kier alpha value is -6.51. The van der Waals surface area contributed by atoms with Crippen LogP contribution in [-0.2, 0) is 0 Å². The maximum atomic E-state index is 6.48. The predicted molar refractivity (Wildman–Crippen MR) is 206 cm³/mol. The van der Waals surface area contributed by atoms with Gasteiger partial charge in [-0.15, -0.1) is 0 Å². The van der Waals surface area contributed by atoms with E-state index in [1.807, 2.05) is 30.3 Å². The molecule has 1 heterocycles. The monoisotopic (exact) mass is 623 g/mol. The van der Waals surface area contributed by atoms with Crippen LogP contribution in [0.4, 0.5) is 0 Å². The SMILES string of the molecule is c1ccc(-c2nc3ccc4ccc5ccc(-c6cccc(-c7cccc(-c8cc9ccccc9c9ccccc89)c7)c6)cc5c4c3o2)cc1. The number of rotatable bonds is 4. The Bertz CT molecular complexity index is 2880. The van der Waals surface area contributed by atoms with Crippen molar-refractivity contribution in [3.05, 3.63) is 176 Å². The average molecular weight is 624 g/mol. The first-order valence-electron chi connectivity index (χ1n) is 16.7. The van der Waals surface area contributed by atoms with Gasteiger partial charge in [0.05, 0.1) is 0 Å². The van der Waals surface area contributed by atoms with Crippen LogP contribution in [0.5, 0.6) is 0 Å². The Balaban J connectivity index is 1.09. The Morgan fingerprint density at radius 1 is 0.347 bits per heavy atom. The second-order valence-corrected chi connectivity index (χ2v) is 12.8. The first-order valence-corrected chi connectivity index (χ1v) is 16.7. The van der Waals surface area contributed by atoms with Gasteiger partial charge in [0, 0.05) is 10.9 Å². The topological polar surface area (TPSA) is 26.0 Å². The van der Waals surface area contributed by atoms with Crippen LogP contribution >= 0.6 is 0 Å². The number of aromatic nitrogens is 1. The van der Waals surface area contributed by atoms with E-state index in [1.54, 1.807) is 0 Å². The van der Waals surface area contributed by atoms with Crippen LogP contribution in [0.15, 0.2) is 180 Å². The summed E-state index contributed by atoms with van der Waals surface area (Å²) in [4.78, 5) is 4.86. The molecule has 0 unspecified atom stereocenters. The minimum Gasteiger partial charge on any atom is -0.435 e. The maximum Gasteiger partial charge on any atom is 0.227 e. The molecule has 228 valence electrons. The molecular formula is C47H29NO. The van der Waals surface area contributed by atoms with Gasteiger partial charge in [-0.1, -0.05) is 133 Å². The molecule has 0 amide bonds.